The normalized spacial score (nSPS) is 16.8. The van der Waals surface area contributed by atoms with Gasteiger partial charge in [-0.25, -0.2) is 9.97 Å². The molecule has 0 aromatic carbocycles. The van der Waals surface area contributed by atoms with Crippen LogP contribution >= 0.6 is 0 Å². The number of carbonyl (C=O) groups is 1. The molecule has 1 N–H and O–H groups in total. The van der Waals surface area contributed by atoms with Gasteiger partial charge in [0, 0.05) is 37.0 Å². The molecule has 1 saturated heterocycles. The number of hydrogen-bond donors (Lipinski definition) is 1. The van der Waals surface area contributed by atoms with E-state index in [1.165, 1.54) is 4.80 Å². The zero-order valence-electron chi connectivity index (χ0n) is 19.0. The number of aryl methyl sites for hydroxylation is 3. The molecule has 0 spiro atoms. The molecule has 32 heavy (non-hydrogen) atoms. The van der Waals surface area contributed by atoms with Gasteiger partial charge in [0.15, 0.2) is 0 Å². The predicted molar refractivity (Wildman–Crippen MR) is 119 cm³/mol. The van der Waals surface area contributed by atoms with Gasteiger partial charge < -0.3 is 15.0 Å². The quantitative estimate of drug-likeness (QED) is 0.625. The molecule has 1 fully saturated rings. The highest BCUT2D eigenvalue weighted by atomic mass is 16.5. The lowest BCUT2D eigenvalue weighted by atomic mass is 9.97. The Morgan fingerprint density at radius 1 is 1.31 bits per heavy atom. The summed E-state index contributed by atoms with van der Waals surface area (Å²) in [4.78, 5) is 25.4. The van der Waals surface area contributed by atoms with Crippen molar-refractivity contribution in [1.82, 2.24) is 35.1 Å². The molecule has 3 aromatic heterocycles. The molecule has 0 aliphatic carbocycles. The third-order valence-electron chi connectivity index (χ3n) is 5.85. The molecule has 4 rings (SSSR count). The second-order valence-electron chi connectivity index (χ2n) is 8.15. The van der Waals surface area contributed by atoms with Crippen LogP contribution in [0.5, 0.6) is 5.88 Å². The minimum Gasteiger partial charge on any atom is -0.481 e. The maximum Gasteiger partial charge on any atom is 0.229 e. The first-order chi connectivity index (χ1) is 15.4. The fourth-order valence-electron chi connectivity index (χ4n) is 4.06. The first-order valence-electron chi connectivity index (χ1n) is 10.6. The Kier molecular flexibility index (Phi) is 6.02. The van der Waals surface area contributed by atoms with Gasteiger partial charge in [0.1, 0.15) is 5.82 Å². The molecular weight excluding hydrogens is 408 g/mol. The summed E-state index contributed by atoms with van der Waals surface area (Å²) in [7, 11) is 3.31. The van der Waals surface area contributed by atoms with Crippen LogP contribution in [-0.4, -0.2) is 67.2 Å². The van der Waals surface area contributed by atoms with E-state index in [9.17, 15) is 4.79 Å². The van der Waals surface area contributed by atoms with E-state index >= 15 is 0 Å². The van der Waals surface area contributed by atoms with Crippen LogP contribution in [0.1, 0.15) is 36.1 Å². The molecular formula is C22H28N8O2. The summed E-state index contributed by atoms with van der Waals surface area (Å²) in [6.45, 7) is 7.18. The second kappa shape index (κ2) is 8.89. The van der Waals surface area contributed by atoms with Gasteiger partial charge in [0.2, 0.25) is 17.6 Å². The van der Waals surface area contributed by atoms with Crippen molar-refractivity contribution in [2.45, 2.75) is 39.2 Å². The Morgan fingerprint density at radius 3 is 2.81 bits per heavy atom. The summed E-state index contributed by atoms with van der Waals surface area (Å²) >= 11 is 0. The number of methoxy groups -OCH3 is 1. The number of anilines is 1. The molecule has 168 valence electrons. The standard InChI is InChI=1S/C22H28N8O2/c1-13-11-23-20(32-5)10-18(13)14(2)22(31)30-9-8-16(12-30)25-19-7-6-17(15(3)24-19)21-26-28-29(4)27-21/h6-7,10-11,14,16H,8-9,12H2,1-5H3,(H,24,25)/t14-,16+/m1/s1. The number of rotatable bonds is 6. The van der Waals surface area contributed by atoms with Crippen molar-refractivity contribution < 1.29 is 9.53 Å². The number of hydrogen-bond acceptors (Lipinski definition) is 8. The lowest BCUT2D eigenvalue weighted by molar-refractivity contribution is -0.131. The maximum atomic E-state index is 13.2. The summed E-state index contributed by atoms with van der Waals surface area (Å²) in [6.07, 6.45) is 2.62. The van der Waals surface area contributed by atoms with Gasteiger partial charge in [-0.3, -0.25) is 4.79 Å². The lowest BCUT2D eigenvalue weighted by Crippen LogP contribution is -2.34. The number of pyridine rings is 2. The van der Waals surface area contributed by atoms with Crippen LogP contribution in [0.2, 0.25) is 0 Å². The van der Waals surface area contributed by atoms with Gasteiger partial charge in [-0.15, -0.1) is 10.2 Å². The topological polar surface area (TPSA) is 111 Å². The van der Waals surface area contributed by atoms with Crippen LogP contribution in [0, 0.1) is 13.8 Å². The van der Waals surface area contributed by atoms with Crippen molar-refractivity contribution >= 4 is 11.7 Å². The lowest BCUT2D eigenvalue weighted by Gasteiger charge is -2.23. The minimum absolute atomic E-state index is 0.110. The molecule has 10 nitrogen and oxygen atoms in total. The second-order valence-corrected chi connectivity index (χ2v) is 8.15. The van der Waals surface area contributed by atoms with E-state index in [-0.39, 0.29) is 17.9 Å². The van der Waals surface area contributed by atoms with Crippen LogP contribution in [0.4, 0.5) is 5.82 Å². The maximum absolute atomic E-state index is 13.2. The average molecular weight is 437 g/mol. The minimum atomic E-state index is -0.259. The average Bonchev–Trinajstić information content (AvgIpc) is 3.42. The number of aromatic nitrogens is 6. The SMILES string of the molecule is COc1cc([C@@H](C)C(=O)N2CC[C@H](Nc3ccc(-c4nnn(C)n4)c(C)n3)C2)c(C)cn1. The largest absolute Gasteiger partial charge is 0.481 e. The fraction of sp³-hybridized carbons (Fsp3) is 0.455. The van der Waals surface area contributed by atoms with Crippen LogP contribution < -0.4 is 10.1 Å². The van der Waals surface area contributed by atoms with Crippen LogP contribution in [0.25, 0.3) is 11.4 Å². The Balaban J connectivity index is 1.40. The number of nitrogens with one attached hydrogen (secondary N) is 1. The van der Waals surface area contributed by atoms with Gasteiger partial charge >= 0.3 is 0 Å². The summed E-state index contributed by atoms with van der Waals surface area (Å²) in [5.74, 6) is 1.70. The third-order valence-corrected chi connectivity index (χ3v) is 5.85. The Hall–Kier alpha value is -3.56. The molecule has 0 radical (unpaired) electrons. The number of nitrogens with zero attached hydrogens (tertiary/aromatic N) is 7. The van der Waals surface area contributed by atoms with Crippen molar-refractivity contribution in [3.63, 3.8) is 0 Å². The van der Waals surface area contributed by atoms with E-state index in [0.717, 1.165) is 34.6 Å². The third kappa shape index (κ3) is 4.39. The Labute approximate surface area is 187 Å². The molecule has 0 saturated carbocycles. The molecule has 3 aromatic rings. The number of ether oxygens (including phenoxy) is 1. The van der Waals surface area contributed by atoms with E-state index in [0.29, 0.717) is 24.8 Å². The summed E-state index contributed by atoms with van der Waals surface area (Å²) < 4.78 is 5.23. The molecule has 2 atom stereocenters. The van der Waals surface area contributed by atoms with E-state index in [2.05, 4.69) is 30.7 Å². The van der Waals surface area contributed by atoms with Gasteiger partial charge in [0.25, 0.3) is 0 Å². The summed E-state index contributed by atoms with van der Waals surface area (Å²) in [5, 5.41) is 15.6. The van der Waals surface area contributed by atoms with E-state index in [1.807, 2.05) is 43.9 Å². The van der Waals surface area contributed by atoms with Crippen LogP contribution in [-0.2, 0) is 11.8 Å². The van der Waals surface area contributed by atoms with Crippen LogP contribution in [0.3, 0.4) is 0 Å². The van der Waals surface area contributed by atoms with Gasteiger partial charge in [-0.05, 0) is 55.7 Å². The number of carbonyl (C=O) groups excluding carboxylic acids is 1. The summed E-state index contributed by atoms with van der Waals surface area (Å²) in [6, 6.07) is 5.86. The molecule has 0 unspecified atom stereocenters. The predicted octanol–water partition coefficient (Wildman–Crippen LogP) is 2.11. The Morgan fingerprint density at radius 2 is 2.12 bits per heavy atom. The smallest absolute Gasteiger partial charge is 0.229 e. The van der Waals surface area contributed by atoms with Crippen LogP contribution in [0.15, 0.2) is 24.4 Å². The van der Waals surface area contributed by atoms with E-state index < -0.39 is 0 Å². The molecule has 1 amide bonds. The van der Waals surface area contributed by atoms with Gasteiger partial charge in [0.05, 0.1) is 25.8 Å². The number of amides is 1. The van der Waals surface area contributed by atoms with E-state index in [4.69, 9.17) is 4.74 Å². The fourth-order valence-corrected chi connectivity index (χ4v) is 4.06. The van der Waals surface area contributed by atoms with Crippen molar-refractivity contribution in [3.8, 4) is 17.3 Å². The Bertz CT molecular complexity index is 1130. The number of tetrazole rings is 1. The first kappa shape index (κ1) is 21.7. The van der Waals surface area contributed by atoms with Crippen molar-refractivity contribution in [3.05, 3.63) is 41.2 Å². The molecule has 10 heteroatoms. The van der Waals surface area contributed by atoms with Gasteiger partial charge in [-0.1, -0.05) is 0 Å². The molecule has 1 aliphatic heterocycles. The van der Waals surface area contributed by atoms with Crippen molar-refractivity contribution in [2.24, 2.45) is 7.05 Å². The molecule has 1 aliphatic rings. The highest BCUT2D eigenvalue weighted by Gasteiger charge is 2.30. The van der Waals surface area contributed by atoms with Crippen molar-refractivity contribution in [2.75, 3.05) is 25.5 Å². The zero-order valence-corrected chi connectivity index (χ0v) is 19.0. The molecule has 0 bridgehead atoms. The van der Waals surface area contributed by atoms with E-state index in [1.54, 1.807) is 20.4 Å². The monoisotopic (exact) mass is 436 g/mol. The molecule has 4 heterocycles. The zero-order chi connectivity index (χ0) is 22.8. The van der Waals surface area contributed by atoms with Crippen molar-refractivity contribution in [1.29, 1.82) is 0 Å². The number of likely N-dealkylation sites (tertiary alicyclic amines) is 1. The van der Waals surface area contributed by atoms with Gasteiger partial charge in [-0.2, -0.15) is 4.80 Å². The summed E-state index contributed by atoms with van der Waals surface area (Å²) in [5.41, 5.74) is 3.61. The first-order valence-corrected chi connectivity index (χ1v) is 10.6. The highest BCUT2D eigenvalue weighted by molar-refractivity contribution is 5.84. The highest BCUT2D eigenvalue weighted by Crippen LogP contribution is 2.27.